The van der Waals surface area contributed by atoms with E-state index in [0.29, 0.717) is 6.42 Å². The molecule has 2 aromatic carbocycles. The number of rotatable bonds is 4. The first-order valence-corrected chi connectivity index (χ1v) is 15.1. The Balaban J connectivity index is 1.60. The summed E-state index contributed by atoms with van der Waals surface area (Å²) in [5.74, 6) is -2.89. The Hall–Kier alpha value is -4.68. The Bertz CT molecular complexity index is 1450. The zero-order chi connectivity index (χ0) is 33.6. The largest absolute Gasteiger partial charge is 0.491 e. The average Bonchev–Trinajstić information content (AvgIpc) is 3.40. The van der Waals surface area contributed by atoms with Crippen molar-refractivity contribution in [3.63, 3.8) is 0 Å². The number of carbonyl (C=O) groups excluding carboxylic acids is 5. The summed E-state index contributed by atoms with van der Waals surface area (Å²) in [5, 5.41) is 2.79. The highest BCUT2D eigenvalue weighted by molar-refractivity contribution is 5.99. The maximum atomic E-state index is 14.5. The Kier molecular flexibility index (Phi) is 10.9. The normalized spacial score (nSPS) is 21.4. The Labute approximate surface area is 267 Å². The first-order valence-electron chi connectivity index (χ1n) is 15.1. The van der Waals surface area contributed by atoms with Crippen LogP contribution < -0.4 is 10.1 Å². The molecule has 0 bridgehead atoms. The number of ether oxygens (including phenoxy) is 3. The lowest BCUT2D eigenvalue weighted by atomic mass is 10.1. The van der Waals surface area contributed by atoms with E-state index in [0.717, 1.165) is 22.6 Å². The number of hydrogen-bond donors (Lipinski definition) is 1. The van der Waals surface area contributed by atoms with Crippen LogP contribution in [0.5, 0.6) is 5.75 Å². The van der Waals surface area contributed by atoms with Crippen molar-refractivity contribution in [2.75, 3.05) is 33.8 Å². The third kappa shape index (κ3) is 8.95. The number of halogens is 1. The van der Waals surface area contributed by atoms with Crippen molar-refractivity contribution in [1.82, 2.24) is 20.0 Å². The SMILES string of the molecule is CN1CC(=O)N2C[C@@H](NC(=O)OC(C)(C)C)C[C@H]2COc2ccc(F)cc2C(=O)N(C)[C@@H](C(=O)OCc2ccccc2)CCC1=O. The predicted octanol–water partition coefficient (Wildman–Crippen LogP) is 3.13. The van der Waals surface area contributed by atoms with Crippen LogP contribution in [-0.4, -0.2) is 102 Å². The van der Waals surface area contributed by atoms with Crippen molar-refractivity contribution in [3.05, 3.63) is 65.5 Å². The molecule has 1 saturated heterocycles. The molecule has 0 radical (unpaired) electrons. The van der Waals surface area contributed by atoms with Gasteiger partial charge in [-0.3, -0.25) is 14.4 Å². The number of amides is 4. The molecule has 46 heavy (non-hydrogen) atoms. The fourth-order valence-corrected chi connectivity index (χ4v) is 5.40. The maximum absolute atomic E-state index is 14.5. The van der Waals surface area contributed by atoms with E-state index in [9.17, 15) is 28.4 Å². The monoisotopic (exact) mass is 640 g/mol. The van der Waals surface area contributed by atoms with Gasteiger partial charge in [-0.1, -0.05) is 30.3 Å². The molecule has 4 amide bonds. The van der Waals surface area contributed by atoms with E-state index in [1.54, 1.807) is 45.0 Å². The lowest BCUT2D eigenvalue weighted by Gasteiger charge is -2.28. The molecule has 1 fully saturated rings. The van der Waals surface area contributed by atoms with Crippen molar-refractivity contribution in [2.45, 2.75) is 70.4 Å². The second-order valence-electron chi connectivity index (χ2n) is 12.5. The van der Waals surface area contributed by atoms with Gasteiger partial charge in [0.05, 0.1) is 24.2 Å². The van der Waals surface area contributed by atoms with E-state index in [-0.39, 0.29) is 56.4 Å². The predicted molar refractivity (Wildman–Crippen MR) is 164 cm³/mol. The van der Waals surface area contributed by atoms with E-state index in [1.165, 1.54) is 30.0 Å². The third-order valence-electron chi connectivity index (χ3n) is 7.77. The van der Waals surface area contributed by atoms with E-state index < -0.39 is 53.4 Å². The van der Waals surface area contributed by atoms with Crippen molar-refractivity contribution in [3.8, 4) is 5.75 Å². The molecule has 3 atom stereocenters. The molecule has 2 aliphatic rings. The molecular weight excluding hydrogens is 599 g/mol. The summed E-state index contributed by atoms with van der Waals surface area (Å²) < 4.78 is 31.4. The van der Waals surface area contributed by atoms with E-state index in [4.69, 9.17) is 14.2 Å². The first kappa shape index (κ1) is 34.2. The van der Waals surface area contributed by atoms with Gasteiger partial charge in [0, 0.05) is 27.1 Å². The van der Waals surface area contributed by atoms with Crippen LogP contribution in [0.25, 0.3) is 0 Å². The van der Waals surface area contributed by atoms with Crippen molar-refractivity contribution in [2.24, 2.45) is 0 Å². The standard InChI is InChI=1S/C33H41FN4O8/c1-33(2,3)46-32(43)35-23-16-24-20-44-27-13-11-22(34)15-25(27)30(41)37(5)26(31(42)45-19-21-9-7-6-8-10-21)12-14-28(39)36(4)18-29(40)38(24)17-23/h6-11,13,15,23-24,26H,12,14,16-20H2,1-5H3,(H,35,43)/t23-,24-,26+/m0/s1. The lowest BCUT2D eigenvalue weighted by Crippen LogP contribution is -2.46. The highest BCUT2D eigenvalue weighted by atomic mass is 19.1. The number of nitrogens with zero attached hydrogens (tertiary/aromatic N) is 3. The van der Waals surface area contributed by atoms with Crippen LogP contribution in [0.1, 0.15) is 56.0 Å². The highest BCUT2D eigenvalue weighted by Gasteiger charge is 2.39. The van der Waals surface area contributed by atoms with Crippen LogP contribution in [0.4, 0.5) is 9.18 Å². The van der Waals surface area contributed by atoms with Gasteiger partial charge in [-0.25, -0.2) is 14.0 Å². The molecule has 2 aliphatic heterocycles. The zero-order valence-corrected chi connectivity index (χ0v) is 26.8. The number of fused-ring (bicyclic) bond motifs is 2. The van der Waals surface area contributed by atoms with Gasteiger partial charge in [0.15, 0.2) is 0 Å². The van der Waals surface area contributed by atoms with Crippen LogP contribution >= 0.6 is 0 Å². The summed E-state index contributed by atoms with van der Waals surface area (Å²) in [6, 6.07) is 10.3. The second kappa shape index (κ2) is 14.6. The Morgan fingerprint density at radius 3 is 2.46 bits per heavy atom. The topological polar surface area (TPSA) is 135 Å². The molecule has 0 aromatic heterocycles. The fraction of sp³-hybridized carbons (Fsp3) is 0.485. The molecule has 248 valence electrons. The van der Waals surface area contributed by atoms with Crippen LogP contribution in [0, 0.1) is 5.82 Å². The van der Waals surface area contributed by atoms with E-state index >= 15 is 0 Å². The molecule has 4 rings (SSSR count). The number of benzene rings is 2. The quantitative estimate of drug-likeness (QED) is 0.504. The van der Waals surface area contributed by atoms with Gasteiger partial charge >= 0.3 is 12.1 Å². The summed E-state index contributed by atoms with van der Waals surface area (Å²) in [7, 11) is 2.86. The minimum atomic E-state index is -1.19. The number of hydrogen-bond acceptors (Lipinski definition) is 8. The summed E-state index contributed by atoms with van der Waals surface area (Å²) >= 11 is 0. The molecule has 1 N–H and O–H groups in total. The molecule has 0 spiro atoms. The van der Waals surface area contributed by atoms with Gasteiger partial charge in [0.1, 0.15) is 36.4 Å². The van der Waals surface area contributed by atoms with Crippen LogP contribution in [0.15, 0.2) is 48.5 Å². The molecule has 2 heterocycles. The van der Waals surface area contributed by atoms with E-state index in [1.807, 2.05) is 6.07 Å². The minimum Gasteiger partial charge on any atom is -0.491 e. The number of esters is 1. The van der Waals surface area contributed by atoms with Crippen molar-refractivity contribution >= 4 is 29.8 Å². The molecule has 0 aliphatic carbocycles. The Morgan fingerprint density at radius 1 is 1.04 bits per heavy atom. The molecule has 12 nitrogen and oxygen atoms in total. The summed E-state index contributed by atoms with van der Waals surface area (Å²) in [6.07, 6.45) is -0.604. The van der Waals surface area contributed by atoms with Crippen molar-refractivity contribution in [1.29, 1.82) is 0 Å². The lowest BCUT2D eigenvalue weighted by molar-refractivity contribution is -0.150. The average molecular weight is 641 g/mol. The second-order valence-corrected chi connectivity index (χ2v) is 12.5. The summed E-state index contributed by atoms with van der Waals surface area (Å²) in [6.45, 7) is 4.97. The van der Waals surface area contributed by atoms with Gasteiger partial charge in [0.2, 0.25) is 11.8 Å². The number of nitrogens with one attached hydrogen (secondary N) is 1. The zero-order valence-electron chi connectivity index (χ0n) is 26.8. The van der Waals surface area contributed by atoms with E-state index in [2.05, 4.69) is 5.32 Å². The van der Waals surface area contributed by atoms with Crippen LogP contribution in [0.3, 0.4) is 0 Å². The summed E-state index contributed by atoms with van der Waals surface area (Å²) in [4.78, 5) is 70.1. The van der Waals surface area contributed by atoms with Gasteiger partial charge in [-0.2, -0.15) is 0 Å². The fourth-order valence-electron chi connectivity index (χ4n) is 5.40. The molecule has 13 heteroatoms. The van der Waals surface area contributed by atoms with Crippen LogP contribution in [0.2, 0.25) is 0 Å². The molecule has 0 unspecified atom stereocenters. The van der Waals surface area contributed by atoms with Gasteiger partial charge in [-0.15, -0.1) is 0 Å². The van der Waals surface area contributed by atoms with Gasteiger partial charge < -0.3 is 34.2 Å². The first-order chi connectivity index (χ1) is 21.7. The van der Waals surface area contributed by atoms with Crippen LogP contribution in [-0.2, 0) is 30.5 Å². The number of carbonyl (C=O) groups is 5. The molecular formula is C33H41FN4O8. The number of likely N-dealkylation sites (N-methyl/N-ethyl adjacent to an activating group) is 2. The third-order valence-corrected chi connectivity index (χ3v) is 7.77. The maximum Gasteiger partial charge on any atom is 0.407 e. The Morgan fingerprint density at radius 2 is 1.76 bits per heavy atom. The molecule has 2 aromatic rings. The van der Waals surface area contributed by atoms with Crippen molar-refractivity contribution < 1.29 is 42.6 Å². The highest BCUT2D eigenvalue weighted by Crippen LogP contribution is 2.27. The smallest absolute Gasteiger partial charge is 0.407 e. The summed E-state index contributed by atoms with van der Waals surface area (Å²) in [5.41, 5.74) is -0.118. The number of alkyl carbamates (subject to hydrolysis) is 1. The van der Waals surface area contributed by atoms with Gasteiger partial charge in [-0.05, 0) is 57.4 Å². The minimum absolute atomic E-state index is 0.0458. The van der Waals surface area contributed by atoms with Gasteiger partial charge in [0.25, 0.3) is 5.91 Å². The molecule has 0 saturated carbocycles.